The lowest BCUT2D eigenvalue weighted by molar-refractivity contribution is -0.121. The van der Waals surface area contributed by atoms with E-state index >= 15 is 0 Å². The molecule has 0 unspecified atom stereocenters. The lowest BCUT2D eigenvalue weighted by Gasteiger charge is -2.26. The van der Waals surface area contributed by atoms with Gasteiger partial charge in [0, 0.05) is 47.1 Å². The standard InChI is InChI=1S/C14H29N3O3.C2H6.H2/c1-2-3-14(18)16-6-10-19-12-13-20-11-9-17-7-4-15-5-8-17;1-2;/h15H,2-13H2,1H3,(H,16,18);1-2H3;1H. The number of piperazine rings is 1. The Kier molecular flexibility index (Phi) is 16.2. The maximum absolute atomic E-state index is 11.2. The third-order valence-corrected chi connectivity index (χ3v) is 3.18. The summed E-state index contributed by atoms with van der Waals surface area (Å²) in [6.45, 7) is 14.5. The van der Waals surface area contributed by atoms with Crippen molar-refractivity contribution in [1.29, 1.82) is 0 Å². The van der Waals surface area contributed by atoms with Crippen molar-refractivity contribution in [2.75, 3.05) is 65.7 Å². The topological polar surface area (TPSA) is 62.8 Å². The first-order valence-corrected chi connectivity index (χ1v) is 8.68. The monoisotopic (exact) mass is 319 g/mol. The molecule has 0 saturated carbocycles. The van der Waals surface area contributed by atoms with Crippen molar-refractivity contribution in [2.24, 2.45) is 0 Å². The van der Waals surface area contributed by atoms with Gasteiger partial charge in [0.25, 0.3) is 0 Å². The second kappa shape index (κ2) is 16.7. The van der Waals surface area contributed by atoms with Crippen LogP contribution in [0, 0.1) is 0 Å². The van der Waals surface area contributed by atoms with Crippen LogP contribution in [0.4, 0.5) is 0 Å². The lowest BCUT2D eigenvalue weighted by atomic mass is 10.3. The Morgan fingerprint density at radius 3 is 2.41 bits per heavy atom. The molecule has 1 fully saturated rings. The molecule has 1 rings (SSSR count). The van der Waals surface area contributed by atoms with Gasteiger partial charge >= 0.3 is 0 Å². The highest BCUT2D eigenvalue weighted by molar-refractivity contribution is 5.75. The van der Waals surface area contributed by atoms with Crippen molar-refractivity contribution in [3.8, 4) is 0 Å². The van der Waals surface area contributed by atoms with Gasteiger partial charge in [-0.1, -0.05) is 20.8 Å². The molecule has 1 amide bonds. The summed E-state index contributed by atoms with van der Waals surface area (Å²) < 4.78 is 10.9. The molecule has 1 aliphatic rings. The Bertz CT molecular complexity index is 253. The molecule has 0 aliphatic carbocycles. The highest BCUT2D eigenvalue weighted by atomic mass is 16.5. The quantitative estimate of drug-likeness (QED) is 0.559. The van der Waals surface area contributed by atoms with Crippen LogP contribution in [-0.2, 0) is 14.3 Å². The molecule has 0 spiro atoms. The summed E-state index contributed by atoms with van der Waals surface area (Å²) >= 11 is 0. The molecule has 22 heavy (non-hydrogen) atoms. The van der Waals surface area contributed by atoms with Crippen LogP contribution in [0.5, 0.6) is 0 Å². The van der Waals surface area contributed by atoms with E-state index in [1.165, 1.54) is 0 Å². The van der Waals surface area contributed by atoms with Crippen LogP contribution in [0.3, 0.4) is 0 Å². The van der Waals surface area contributed by atoms with Gasteiger partial charge in [-0.15, -0.1) is 0 Å². The van der Waals surface area contributed by atoms with Crippen molar-refractivity contribution >= 4 is 5.91 Å². The average molecular weight is 319 g/mol. The SMILES string of the molecule is CC.CCCC(=O)NCCOCCOCCN1CCNCC1.[HH]. The zero-order valence-electron chi connectivity index (χ0n) is 14.7. The number of ether oxygens (including phenoxy) is 2. The number of nitrogens with one attached hydrogen (secondary N) is 2. The number of rotatable bonds is 11. The minimum atomic E-state index is 0. The molecule has 0 radical (unpaired) electrons. The third-order valence-electron chi connectivity index (χ3n) is 3.18. The fourth-order valence-electron chi connectivity index (χ4n) is 2.03. The number of carbonyl (C=O) groups excluding carboxylic acids is 1. The zero-order valence-corrected chi connectivity index (χ0v) is 14.7. The van der Waals surface area contributed by atoms with Gasteiger partial charge in [-0.3, -0.25) is 9.69 Å². The van der Waals surface area contributed by atoms with E-state index in [1.54, 1.807) is 0 Å². The van der Waals surface area contributed by atoms with Crippen LogP contribution in [0.1, 0.15) is 35.0 Å². The van der Waals surface area contributed by atoms with Gasteiger partial charge in [-0.05, 0) is 6.42 Å². The summed E-state index contributed by atoms with van der Waals surface area (Å²) in [5.41, 5.74) is 0. The maximum Gasteiger partial charge on any atom is 0.220 e. The molecule has 6 heteroatoms. The van der Waals surface area contributed by atoms with Crippen LogP contribution >= 0.6 is 0 Å². The van der Waals surface area contributed by atoms with Crippen molar-refractivity contribution in [3.05, 3.63) is 0 Å². The Balaban J connectivity index is 0. The summed E-state index contributed by atoms with van der Waals surface area (Å²) in [7, 11) is 0. The number of hydrogen-bond donors (Lipinski definition) is 2. The van der Waals surface area contributed by atoms with Gasteiger partial charge in [0.1, 0.15) is 0 Å². The summed E-state index contributed by atoms with van der Waals surface area (Å²) in [6, 6.07) is 0. The second-order valence-electron chi connectivity index (χ2n) is 4.92. The Hall–Kier alpha value is -0.690. The maximum atomic E-state index is 11.2. The highest BCUT2D eigenvalue weighted by Crippen LogP contribution is 1.91. The van der Waals surface area contributed by atoms with Crippen molar-refractivity contribution in [2.45, 2.75) is 33.6 Å². The zero-order chi connectivity index (χ0) is 16.5. The van der Waals surface area contributed by atoms with E-state index in [2.05, 4.69) is 15.5 Å². The van der Waals surface area contributed by atoms with Gasteiger partial charge in [-0.2, -0.15) is 0 Å². The van der Waals surface area contributed by atoms with E-state index in [0.717, 1.165) is 45.8 Å². The van der Waals surface area contributed by atoms with E-state index in [4.69, 9.17) is 9.47 Å². The van der Waals surface area contributed by atoms with Gasteiger partial charge in [0.2, 0.25) is 5.91 Å². The van der Waals surface area contributed by atoms with E-state index in [9.17, 15) is 4.79 Å². The Labute approximate surface area is 137 Å². The largest absolute Gasteiger partial charge is 0.378 e. The van der Waals surface area contributed by atoms with Crippen LogP contribution in [0.25, 0.3) is 0 Å². The first-order valence-electron chi connectivity index (χ1n) is 8.68. The van der Waals surface area contributed by atoms with Gasteiger partial charge in [0.05, 0.1) is 26.4 Å². The lowest BCUT2D eigenvalue weighted by Crippen LogP contribution is -2.44. The molecule has 1 aliphatic heterocycles. The highest BCUT2D eigenvalue weighted by Gasteiger charge is 2.08. The predicted octanol–water partition coefficient (Wildman–Crippen LogP) is 1.11. The van der Waals surface area contributed by atoms with Crippen molar-refractivity contribution in [3.63, 3.8) is 0 Å². The third kappa shape index (κ3) is 13.0. The Morgan fingerprint density at radius 2 is 1.77 bits per heavy atom. The fourth-order valence-corrected chi connectivity index (χ4v) is 2.03. The van der Waals surface area contributed by atoms with Crippen LogP contribution in [0.15, 0.2) is 0 Å². The van der Waals surface area contributed by atoms with Gasteiger partial charge in [-0.25, -0.2) is 0 Å². The number of amides is 1. The molecule has 1 heterocycles. The van der Waals surface area contributed by atoms with Gasteiger partial charge in [0.15, 0.2) is 0 Å². The number of hydrogen-bond acceptors (Lipinski definition) is 5. The normalized spacial score (nSPS) is 15.0. The smallest absolute Gasteiger partial charge is 0.220 e. The van der Waals surface area contributed by atoms with Crippen LogP contribution in [-0.4, -0.2) is 76.5 Å². The minimum Gasteiger partial charge on any atom is -0.378 e. The molecular weight excluding hydrogens is 282 g/mol. The Morgan fingerprint density at radius 1 is 1.14 bits per heavy atom. The van der Waals surface area contributed by atoms with Gasteiger partial charge < -0.3 is 20.1 Å². The first-order chi connectivity index (χ1) is 10.8. The molecule has 0 aromatic rings. The molecular formula is C16H37N3O3. The number of carbonyl (C=O) groups is 1. The van der Waals surface area contributed by atoms with E-state index in [1.807, 2.05) is 20.8 Å². The van der Waals surface area contributed by atoms with E-state index in [0.29, 0.717) is 32.8 Å². The van der Waals surface area contributed by atoms with Crippen molar-refractivity contribution < 1.29 is 15.7 Å². The fraction of sp³-hybridized carbons (Fsp3) is 0.938. The molecule has 1 saturated heterocycles. The molecule has 0 bridgehead atoms. The first kappa shape index (κ1) is 21.3. The summed E-state index contributed by atoms with van der Waals surface area (Å²) in [6.07, 6.45) is 1.47. The van der Waals surface area contributed by atoms with E-state index in [-0.39, 0.29) is 7.33 Å². The molecule has 134 valence electrons. The van der Waals surface area contributed by atoms with E-state index < -0.39 is 0 Å². The predicted molar refractivity (Wildman–Crippen MR) is 92.3 cm³/mol. The summed E-state index contributed by atoms with van der Waals surface area (Å²) in [4.78, 5) is 13.6. The molecule has 0 atom stereocenters. The molecule has 0 aromatic carbocycles. The summed E-state index contributed by atoms with van der Waals surface area (Å²) in [5, 5.41) is 6.14. The number of nitrogens with zero attached hydrogens (tertiary/aromatic N) is 1. The average Bonchev–Trinajstić information content (AvgIpc) is 2.56. The second-order valence-corrected chi connectivity index (χ2v) is 4.92. The summed E-state index contributed by atoms with van der Waals surface area (Å²) in [5.74, 6) is 0.100. The molecule has 6 nitrogen and oxygen atoms in total. The molecule has 0 aromatic heterocycles. The molecule has 2 N–H and O–H groups in total. The minimum absolute atomic E-state index is 0. The van der Waals surface area contributed by atoms with Crippen LogP contribution < -0.4 is 10.6 Å². The van der Waals surface area contributed by atoms with Crippen LogP contribution in [0.2, 0.25) is 0 Å². The van der Waals surface area contributed by atoms with Crippen molar-refractivity contribution in [1.82, 2.24) is 15.5 Å².